The molecule has 0 unspecified atom stereocenters. The summed E-state index contributed by atoms with van der Waals surface area (Å²) in [6.45, 7) is 0. The first-order chi connectivity index (χ1) is 3.00. The molecule has 1 rings (SSSR count). The lowest BCUT2D eigenvalue weighted by Gasteiger charge is -2.01. The van der Waals surface area contributed by atoms with Gasteiger partial charge in [-0.3, -0.25) is 0 Å². The number of hydrogen-bond donors (Lipinski definition) is 0. The van der Waals surface area contributed by atoms with Crippen molar-refractivity contribution in [3.63, 3.8) is 0 Å². The minimum atomic E-state index is 0. The van der Waals surface area contributed by atoms with Gasteiger partial charge < -0.3 is 0 Å². The summed E-state index contributed by atoms with van der Waals surface area (Å²) in [6, 6.07) is 0. The van der Waals surface area contributed by atoms with Crippen molar-refractivity contribution in [2.75, 3.05) is 0 Å². The standard InChI is InChI=1S/H12Si6.4H2/c1-2-4-6-5-3-1;;;;/h1-6H2;4*1H. The highest BCUT2D eigenvalue weighted by Gasteiger charge is 1.99. The van der Waals surface area contributed by atoms with Gasteiger partial charge in [-0.25, -0.2) is 0 Å². The molecule has 1 saturated heterocycles. The molecule has 1 aliphatic heterocycles. The first kappa shape index (κ1) is 5.44. The maximum atomic E-state index is 0.944. The summed E-state index contributed by atoms with van der Waals surface area (Å²) < 4.78 is 0. The highest BCUT2D eigenvalue weighted by Crippen LogP contribution is 1.62. The van der Waals surface area contributed by atoms with Crippen molar-refractivity contribution in [1.82, 2.24) is 0 Å². The van der Waals surface area contributed by atoms with Gasteiger partial charge in [0.25, 0.3) is 0 Å². The molecule has 6 heavy (non-hydrogen) atoms. The van der Waals surface area contributed by atoms with E-state index in [1.54, 1.807) is 0 Å². The van der Waals surface area contributed by atoms with E-state index in [1.165, 1.54) is 0 Å². The second-order valence-corrected chi connectivity index (χ2v) is 57.3. The molecule has 0 spiro atoms. The van der Waals surface area contributed by atoms with Crippen LogP contribution in [-0.4, -0.2) is 51.3 Å². The Bertz CT molecular complexity index is 25.2. The monoisotopic (exact) mass is 188 g/mol. The van der Waals surface area contributed by atoms with Crippen molar-refractivity contribution < 1.29 is 5.71 Å². The third-order valence-corrected chi connectivity index (χ3v) is 121. The fourth-order valence-corrected chi connectivity index (χ4v) is 258. The van der Waals surface area contributed by atoms with Gasteiger partial charge in [-0.15, -0.1) is 0 Å². The van der Waals surface area contributed by atoms with E-state index in [0.29, 0.717) is 0 Å². The van der Waals surface area contributed by atoms with Gasteiger partial charge in [-0.2, -0.15) is 0 Å². The van der Waals surface area contributed by atoms with Crippen LogP contribution in [0.15, 0.2) is 0 Å². The van der Waals surface area contributed by atoms with Crippen molar-refractivity contribution in [3.8, 4) is 0 Å². The summed E-state index contributed by atoms with van der Waals surface area (Å²) in [6.07, 6.45) is 0. The molecule has 0 aromatic carbocycles. The smallest absolute Gasteiger partial charge is 0 e. The van der Waals surface area contributed by atoms with Gasteiger partial charge in [-0.1, -0.05) is 0 Å². The predicted octanol–water partition coefficient (Wildman–Crippen LogP) is -4.51. The second kappa shape index (κ2) is 3.32. The summed E-state index contributed by atoms with van der Waals surface area (Å²) in [4.78, 5) is 0. The summed E-state index contributed by atoms with van der Waals surface area (Å²) in [5, 5.41) is 0. The van der Waals surface area contributed by atoms with Gasteiger partial charge in [-0.05, 0) is 51.3 Å². The molecule has 6 heteroatoms. The normalized spacial score (nSPS) is 48.0. The quantitative estimate of drug-likeness (QED) is 0.336. The number of rotatable bonds is 0. The lowest BCUT2D eigenvalue weighted by molar-refractivity contribution is 3.75. The molecule has 1 fully saturated rings. The highest BCUT2D eigenvalue weighted by atomic mass is 30.1. The maximum Gasteiger partial charge on any atom is 0 e. The van der Waals surface area contributed by atoms with Crippen LogP contribution >= 0.6 is 0 Å². The molecule has 0 N–H and O–H groups in total. The molecule has 0 aromatic heterocycles. The van der Waals surface area contributed by atoms with Crippen LogP contribution in [0.3, 0.4) is 0 Å². The Labute approximate surface area is 57.5 Å². The minimum Gasteiger partial charge on any atom is -0.00934 e. The fourth-order valence-electron chi connectivity index (χ4n) is 1.06. The van der Waals surface area contributed by atoms with Crippen LogP contribution in [-0.2, 0) is 0 Å². The summed E-state index contributed by atoms with van der Waals surface area (Å²) in [7, 11) is 5.67. The largest absolute Gasteiger partial charge is 0.00934 e. The minimum absolute atomic E-state index is 0. The molecule has 0 aromatic rings. The average Bonchev–Trinajstić information content (AvgIpc) is 1.72. The van der Waals surface area contributed by atoms with E-state index in [1.807, 2.05) is 0 Å². The molecule has 1 heterocycles. The molecule has 0 bridgehead atoms. The molecular formula is H20Si6. The molecule has 44 valence electrons. The third kappa shape index (κ3) is 1.84. The highest BCUT2D eigenvalue weighted by molar-refractivity contribution is 7.76. The first-order valence-electron chi connectivity index (χ1n) is 3.00. The van der Waals surface area contributed by atoms with Crippen LogP contribution in [0.25, 0.3) is 0 Å². The van der Waals surface area contributed by atoms with Crippen LogP contribution < -0.4 is 0 Å². The van der Waals surface area contributed by atoms with E-state index in [9.17, 15) is 0 Å². The Morgan fingerprint density at radius 3 is 0.833 bits per heavy atom. The zero-order chi connectivity index (χ0) is 4.24. The lowest BCUT2D eigenvalue weighted by Crippen LogP contribution is -2.38. The van der Waals surface area contributed by atoms with Crippen LogP contribution in [0, 0.1) is 0 Å². The molecule has 0 amide bonds. The topological polar surface area (TPSA) is 0 Å². The van der Waals surface area contributed by atoms with Gasteiger partial charge in [0, 0.05) is 5.71 Å². The molecule has 0 saturated carbocycles. The van der Waals surface area contributed by atoms with E-state index in [4.69, 9.17) is 0 Å². The molecule has 0 nitrogen and oxygen atoms in total. The van der Waals surface area contributed by atoms with Gasteiger partial charge >= 0.3 is 0 Å². The van der Waals surface area contributed by atoms with Crippen LogP contribution in [0.5, 0.6) is 0 Å². The zero-order valence-corrected chi connectivity index (χ0v) is 12.7. The van der Waals surface area contributed by atoms with E-state index >= 15 is 0 Å². The number of hydrogen-bond acceptors (Lipinski definition) is 0. The van der Waals surface area contributed by atoms with Crippen molar-refractivity contribution in [2.24, 2.45) is 0 Å². The molecule has 0 aliphatic carbocycles. The molecular weight excluding hydrogens is 169 g/mol. The van der Waals surface area contributed by atoms with E-state index in [2.05, 4.69) is 0 Å². The van der Waals surface area contributed by atoms with Gasteiger partial charge in [0.1, 0.15) is 0 Å². The van der Waals surface area contributed by atoms with Crippen LogP contribution in [0.2, 0.25) is 0 Å². The SMILES string of the molecule is [HH].[HH].[HH].[HH].[SiH2]1[SiH2][SiH2][SiH2][SiH2][SiH2]1. The Balaban J connectivity index is -0.0000000450. The molecule has 0 radical (unpaired) electrons. The Hall–Kier alpha value is 1.30. The predicted molar refractivity (Wildman–Crippen MR) is 59.7 cm³/mol. The van der Waals surface area contributed by atoms with Crippen LogP contribution in [0.4, 0.5) is 0 Å². The second-order valence-electron chi connectivity index (χ2n) is 2.12. The summed E-state index contributed by atoms with van der Waals surface area (Å²) in [5.74, 6) is 0. The lowest BCUT2D eigenvalue weighted by atomic mass is 26.1. The van der Waals surface area contributed by atoms with Gasteiger partial charge in [0.15, 0.2) is 0 Å². The molecule has 1 aliphatic rings. The third-order valence-electron chi connectivity index (χ3n) is 1.50. The fraction of sp³-hybridized carbons (Fsp3) is 0. The van der Waals surface area contributed by atoms with Gasteiger partial charge in [0.2, 0.25) is 0 Å². The first-order valence-corrected chi connectivity index (χ1v) is 27.0. The zero-order valence-electron chi connectivity index (χ0n) is 4.24. The van der Waals surface area contributed by atoms with Crippen molar-refractivity contribution in [1.29, 1.82) is 0 Å². The van der Waals surface area contributed by atoms with E-state index < -0.39 is 0 Å². The van der Waals surface area contributed by atoms with Gasteiger partial charge in [0.05, 0.1) is 0 Å². The maximum absolute atomic E-state index is 0.944. The van der Waals surface area contributed by atoms with E-state index in [0.717, 1.165) is 51.3 Å². The van der Waals surface area contributed by atoms with Crippen molar-refractivity contribution >= 4 is 51.3 Å². The molecule has 0 atom stereocenters. The average molecular weight is 189 g/mol. The Morgan fingerprint density at radius 1 is 0.500 bits per heavy atom. The Kier molecular flexibility index (Phi) is 3.01. The van der Waals surface area contributed by atoms with Crippen molar-refractivity contribution in [2.45, 2.75) is 0 Å². The van der Waals surface area contributed by atoms with E-state index in [-0.39, 0.29) is 5.71 Å². The Morgan fingerprint density at radius 2 is 0.667 bits per heavy atom. The summed E-state index contributed by atoms with van der Waals surface area (Å²) in [5.41, 5.74) is 0. The van der Waals surface area contributed by atoms with Crippen LogP contribution in [0.1, 0.15) is 5.71 Å². The summed E-state index contributed by atoms with van der Waals surface area (Å²) >= 11 is 0. The van der Waals surface area contributed by atoms with Crippen molar-refractivity contribution in [3.05, 3.63) is 0 Å².